The highest BCUT2D eigenvalue weighted by Crippen LogP contribution is 2.49. The van der Waals surface area contributed by atoms with Gasteiger partial charge in [0.05, 0.1) is 20.6 Å². The molecule has 5 rings (SSSR count). The van der Waals surface area contributed by atoms with Gasteiger partial charge in [0, 0.05) is 50.8 Å². The lowest BCUT2D eigenvalue weighted by Crippen LogP contribution is -2.21. The van der Waals surface area contributed by atoms with E-state index in [9.17, 15) is 24.6 Å². The largest absolute Gasteiger partial charge is 0.506 e. The number of hydrogen-bond acceptors (Lipinski definition) is 5. The number of carboxylic acid groups (broad SMARTS) is 1. The molecule has 40 heavy (non-hydrogen) atoms. The van der Waals surface area contributed by atoms with Gasteiger partial charge in [-0.1, -0.05) is 85.9 Å². The smallest absolute Gasteiger partial charge is 0.337 e. The Morgan fingerprint density at radius 2 is 1.52 bits per heavy atom. The number of rotatable bonds is 4. The Kier molecular flexibility index (Phi) is 6.91. The van der Waals surface area contributed by atoms with Crippen molar-refractivity contribution in [1.29, 1.82) is 0 Å². The van der Waals surface area contributed by atoms with Crippen molar-refractivity contribution in [3.05, 3.63) is 97.1 Å². The lowest BCUT2D eigenvalue weighted by atomic mass is 9.83. The fourth-order valence-corrected chi connectivity index (χ4v) is 5.46. The molecule has 0 radical (unpaired) electrons. The first-order valence-electron chi connectivity index (χ1n) is 12.1. The standard InChI is InChI=1S/C31H21Cl3O6/c1-31(2,3)29(37)18-11-20(33)26(30(38)39)27(28(18)34)25-16-9-15(14-7-5-4-6-8-14)21(35)12-23(16)40-24-13-22(36)19(32)10-17(24)25/h4-13,36H,1-3H3,(H,38,39). The number of Topliss-reactive ketones (excluding diaryl/α,β-unsaturated/α-hetero) is 1. The van der Waals surface area contributed by atoms with Crippen LogP contribution in [0.25, 0.3) is 44.5 Å². The predicted octanol–water partition coefficient (Wildman–Crippen LogP) is 8.82. The van der Waals surface area contributed by atoms with E-state index in [0.717, 1.165) is 0 Å². The first-order chi connectivity index (χ1) is 18.8. The molecule has 3 aromatic rings. The van der Waals surface area contributed by atoms with Gasteiger partial charge in [-0.25, -0.2) is 4.79 Å². The zero-order valence-corrected chi connectivity index (χ0v) is 23.7. The van der Waals surface area contributed by atoms with Crippen LogP contribution in [0.3, 0.4) is 0 Å². The number of phenolic OH excluding ortho intramolecular Hbond substituents is 1. The van der Waals surface area contributed by atoms with Crippen LogP contribution >= 0.6 is 34.8 Å². The third-order valence-electron chi connectivity index (χ3n) is 6.58. The second-order valence-electron chi connectivity index (χ2n) is 10.3. The molecule has 0 unspecified atom stereocenters. The number of fused-ring (bicyclic) bond motifs is 2. The Morgan fingerprint density at radius 3 is 2.15 bits per heavy atom. The van der Waals surface area contributed by atoms with Crippen molar-refractivity contribution in [2.75, 3.05) is 0 Å². The van der Waals surface area contributed by atoms with Crippen LogP contribution in [0.1, 0.15) is 41.5 Å². The molecule has 2 aliphatic rings. The topological polar surface area (TPSA) is 105 Å². The second-order valence-corrected chi connectivity index (χ2v) is 11.5. The molecule has 0 saturated heterocycles. The molecule has 1 aliphatic carbocycles. The summed E-state index contributed by atoms with van der Waals surface area (Å²) in [7, 11) is 0. The highest BCUT2D eigenvalue weighted by molar-refractivity contribution is 6.42. The molecule has 2 N–H and O–H groups in total. The first-order valence-corrected chi connectivity index (χ1v) is 13.2. The zero-order chi connectivity index (χ0) is 29.1. The summed E-state index contributed by atoms with van der Waals surface area (Å²) in [5.74, 6) is -1.92. The van der Waals surface area contributed by atoms with Crippen molar-refractivity contribution >= 4 is 57.5 Å². The van der Waals surface area contributed by atoms with Crippen molar-refractivity contribution in [3.8, 4) is 39.3 Å². The van der Waals surface area contributed by atoms with Crippen molar-refractivity contribution in [2.45, 2.75) is 20.8 Å². The number of carboxylic acids is 1. The molecule has 0 saturated carbocycles. The SMILES string of the molecule is CC(C)(C)C(=O)c1cc(Cl)c(C(=O)O)c(-c2c3cc(-c4ccccc4)c(=O)cc-3oc3cc(O)c(Cl)cc23)c1Cl. The van der Waals surface area contributed by atoms with E-state index >= 15 is 0 Å². The van der Waals surface area contributed by atoms with Gasteiger partial charge in [-0.05, 0) is 23.8 Å². The van der Waals surface area contributed by atoms with Gasteiger partial charge in [-0.15, -0.1) is 0 Å². The van der Waals surface area contributed by atoms with Crippen LogP contribution < -0.4 is 5.43 Å². The van der Waals surface area contributed by atoms with Crippen LogP contribution in [0, 0.1) is 5.41 Å². The molecule has 202 valence electrons. The van der Waals surface area contributed by atoms with Crippen molar-refractivity contribution < 1.29 is 24.2 Å². The highest BCUT2D eigenvalue weighted by atomic mass is 35.5. The monoisotopic (exact) mass is 594 g/mol. The summed E-state index contributed by atoms with van der Waals surface area (Å²) < 4.78 is 6.01. The molecule has 0 aromatic heterocycles. The maximum absolute atomic E-state index is 13.4. The molecule has 1 heterocycles. The summed E-state index contributed by atoms with van der Waals surface area (Å²) in [5, 5.41) is 20.5. The minimum Gasteiger partial charge on any atom is -0.506 e. The molecule has 3 aromatic carbocycles. The number of hydrogen-bond donors (Lipinski definition) is 2. The lowest BCUT2D eigenvalue weighted by Gasteiger charge is -2.23. The molecule has 0 amide bonds. The molecule has 9 heteroatoms. The van der Waals surface area contributed by atoms with Gasteiger partial charge < -0.3 is 14.6 Å². The molecule has 1 aliphatic heterocycles. The molecular formula is C31H21Cl3O6. The second kappa shape index (κ2) is 9.97. The van der Waals surface area contributed by atoms with E-state index in [4.69, 9.17) is 39.2 Å². The maximum atomic E-state index is 13.4. The summed E-state index contributed by atoms with van der Waals surface area (Å²) in [6.07, 6.45) is 0. The van der Waals surface area contributed by atoms with E-state index in [2.05, 4.69) is 0 Å². The van der Waals surface area contributed by atoms with E-state index in [0.29, 0.717) is 16.7 Å². The van der Waals surface area contributed by atoms with Crippen molar-refractivity contribution in [1.82, 2.24) is 0 Å². The Balaban J connectivity index is 2.04. The van der Waals surface area contributed by atoms with Crippen LogP contribution in [0.2, 0.25) is 15.1 Å². The molecule has 0 fully saturated rings. The molecule has 6 nitrogen and oxygen atoms in total. The van der Waals surface area contributed by atoms with Gasteiger partial charge in [0.15, 0.2) is 11.2 Å². The maximum Gasteiger partial charge on any atom is 0.337 e. The number of aromatic hydroxyl groups is 1. The highest BCUT2D eigenvalue weighted by Gasteiger charge is 2.33. The van der Waals surface area contributed by atoms with E-state index in [1.54, 1.807) is 51.1 Å². The van der Waals surface area contributed by atoms with E-state index in [1.165, 1.54) is 24.3 Å². The summed E-state index contributed by atoms with van der Waals surface area (Å²) in [6.45, 7) is 5.13. The number of aromatic carboxylic acids is 1. The quantitative estimate of drug-likeness (QED) is 0.159. The Hall–Kier alpha value is -3.84. The molecule has 0 spiro atoms. The summed E-state index contributed by atoms with van der Waals surface area (Å²) in [6, 6.07) is 15.7. The van der Waals surface area contributed by atoms with Gasteiger partial charge in [0.2, 0.25) is 0 Å². The summed E-state index contributed by atoms with van der Waals surface area (Å²) >= 11 is 19.7. The van der Waals surface area contributed by atoms with E-state index < -0.39 is 11.4 Å². The fourth-order valence-electron chi connectivity index (χ4n) is 4.68. The van der Waals surface area contributed by atoms with Crippen LogP contribution in [-0.4, -0.2) is 22.0 Å². The number of halogens is 3. The molecule has 0 atom stereocenters. The Bertz CT molecular complexity index is 1880. The van der Waals surface area contributed by atoms with Crippen LogP contribution in [0.15, 0.2) is 69.9 Å². The van der Waals surface area contributed by atoms with Gasteiger partial charge >= 0.3 is 5.97 Å². The van der Waals surface area contributed by atoms with Crippen LogP contribution in [0.5, 0.6) is 5.75 Å². The van der Waals surface area contributed by atoms with Gasteiger partial charge in [0.25, 0.3) is 0 Å². The predicted molar refractivity (Wildman–Crippen MR) is 157 cm³/mol. The minimum atomic E-state index is -1.38. The molecular weight excluding hydrogens is 575 g/mol. The number of benzene rings is 4. The molecule has 0 bridgehead atoms. The lowest BCUT2D eigenvalue weighted by molar-refractivity contribution is 0.0697. The average Bonchev–Trinajstić information content (AvgIpc) is 2.88. The van der Waals surface area contributed by atoms with Crippen LogP contribution in [0.4, 0.5) is 0 Å². The average molecular weight is 596 g/mol. The summed E-state index contributed by atoms with van der Waals surface area (Å²) in [5.41, 5.74) is 0.0578. The van der Waals surface area contributed by atoms with Crippen molar-refractivity contribution in [2.24, 2.45) is 5.41 Å². The zero-order valence-electron chi connectivity index (χ0n) is 21.4. The number of carbonyl (C=O) groups is 2. The van der Waals surface area contributed by atoms with E-state index in [-0.39, 0.29) is 71.0 Å². The Morgan fingerprint density at radius 1 is 0.850 bits per heavy atom. The number of carbonyl (C=O) groups excluding carboxylic acids is 1. The fraction of sp³-hybridized carbons (Fsp3) is 0.129. The third-order valence-corrected chi connectivity index (χ3v) is 7.57. The third kappa shape index (κ3) is 4.62. The van der Waals surface area contributed by atoms with Gasteiger partial charge in [-0.2, -0.15) is 0 Å². The number of phenols is 1. The normalized spacial score (nSPS) is 11.8. The Labute approximate surface area is 243 Å². The first kappa shape index (κ1) is 27.7. The van der Waals surface area contributed by atoms with Gasteiger partial charge in [0.1, 0.15) is 17.1 Å². The summed E-state index contributed by atoms with van der Waals surface area (Å²) in [4.78, 5) is 39.2. The van der Waals surface area contributed by atoms with Gasteiger partial charge in [-0.3, -0.25) is 9.59 Å². The number of ketones is 1. The van der Waals surface area contributed by atoms with Crippen molar-refractivity contribution in [3.63, 3.8) is 0 Å². The van der Waals surface area contributed by atoms with E-state index in [1.807, 2.05) is 6.07 Å². The minimum absolute atomic E-state index is 0.0342. The van der Waals surface area contributed by atoms with Crippen LogP contribution in [-0.2, 0) is 0 Å².